The Morgan fingerprint density at radius 2 is 1.80 bits per heavy atom. The molecule has 6 aromatic rings. The quantitative estimate of drug-likeness (QED) is 0.199. The van der Waals surface area contributed by atoms with Crippen LogP contribution in [-0.2, 0) is 4.79 Å². The molecule has 224 valence electrons. The van der Waals surface area contributed by atoms with Gasteiger partial charge in [-0.3, -0.25) is 14.2 Å². The van der Waals surface area contributed by atoms with Gasteiger partial charge in [-0.25, -0.2) is 9.98 Å². The van der Waals surface area contributed by atoms with E-state index in [2.05, 4.69) is 10.3 Å². The molecule has 0 unspecified atom stereocenters. The van der Waals surface area contributed by atoms with Gasteiger partial charge in [-0.05, 0) is 79.7 Å². The van der Waals surface area contributed by atoms with Crippen LogP contribution in [0.25, 0.3) is 16.3 Å². The Hall–Kier alpha value is -4.71. The second kappa shape index (κ2) is 12.4. The number of furan rings is 1. The Balaban J connectivity index is 1.26. The van der Waals surface area contributed by atoms with E-state index in [0.717, 1.165) is 20.1 Å². The van der Waals surface area contributed by atoms with E-state index >= 15 is 0 Å². The largest absolute Gasteiger partial charge is 0.494 e. The lowest BCUT2D eigenvalue weighted by Crippen LogP contribution is -2.40. The van der Waals surface area contributed by atoms with Gasteiger partial charge in [0.25, 0.3) is 11.5 Å². The Labute approximate surface area is 270 Å². The summed E-state index contributed by atoms with van der Waals surface area (Å²) in [5.41, 5.74) is 3.06. The first-order valence-corrected chi connectivity index (χ1v) is 16.7. The van der Waals surface area contributed by atoms with Crippen molar-refractivity contribution in [3.8, 4) is 5.75 Å². The summed E-state index contributed by atoms with van der Waals surface area (Å²) >= 11 is 4.31. The molecule has 1 atom stereocenters. The number of para-hydroxylation sites is 2. The molecule has 0 spiro atoms. The molecule has 0 saturated heterocycles. The third-order valence-electron chi connectivity index (χ3n) is 7.14. The summed E-state index contributed by atoms with van der Waals surface area (Å²) in [6.45, 7) is 4.26. The standard InChI is InChI=1S/C34H26N4O4S3/c1-3-41-23-15-13-21(14-16-23)30-29(31(39)36-22-9-5-4-6-10-22)20(2)35-33-38(30)32(40)27(43-33)19-24-17-18-28(42-24)45-34-37-25-11-7-8-12-26(25)44-34/h4-19,30H,3H2,1-2H3,(H,36,39)/b27-19+/t30-/m0/s1. The summed E-state index contributed by atoms with van der Waals surface area (Å²) in [4.78, 5) is 37.7. The zero-order valence-electron chi connectivity index (χ0n) is 24.2. The Morgan fingerprint density at radius 3 is 2.58 bits per heavy atom. The number of hydrogen-bond acceptors (Lipinski definition) is 9. The molecule has 1 N–H and O–H groups in total. The molecule has 4 heterocycles. The van der Waals surface area contributed by atoms with Crippen LogP contribution in [0.4, 0.5) is 5.69 Å². The summed E-state index contributed by atoms with van der Waals surface area (Å²) in [5, 5.41) is 3.66. The number of allylic oxidation sites excluding steroid dienone is 1. The monoisotopic (exact) mass is 650 g/mol. The van der Waals surface area contributed by atoms with Gasteiger partial charge in [0.2, 0.25) is 0 Å². The molecule has 0 saturated carbocycles. The number of hydrogen-bond donors (Lipinski definition) is 1. The average Bonchev–Trinajstić information content (AvgIpc) is 3.74. The van der Waals surface area contributed by atoms with E-state index in [0.29, 0.717) is 49.5 Å². The van der Waals surface area contributed by atoms with Crippen LogP contribution in [0.5, 0.6) is 5.75 Å². The molecule has 7 rings (SSSR count). The maximum atomic E-state index is 14.0. The second-order valence-electron chi connectivity index (χ2n) is 10.1. The van der Waals surface area contributed by atoms with Crippen LogP contribution in [-0.4, -0.2) is 22.1 Å². The summed E-state index contributed by atoms with van der Waals surface area (Å²) in [5.74, 6) is 0.930. The van der Waals surface area contributed by atoms with Crippen molar-refractivity contribution < 1.29 is 13.9 Å². The normalized spacial score (nSPS) is 14.8. The number of carbonyl (C=O) groups is 1. The zero-order chi connectivity index (χ0) is 30.9. The predicted octanol–water partition coefficient (Wildman–Crippen LogP) is 6.63. The number of thiazole rings is 2. The van der Waals surface area contributed by atoms with Gasteiger partial charge in [-0.15, -0.1) is 11.3 Å². The van der Waals surface area contributed by atoms with Crippen LogP contribution in [0.2, 0.25) is 0 Å². The minimum Gasteiger partial charge on any atom is -0.494 e. The van der Waals surface area contributed by atoms with Gasteiger partial charge in [-0.2, -0.15) is 0 Å². The molecule has 0 radical (unpaired) electrons. The second-order valence-corrected chi connectivity index (χ2v) is 13.4. The lowest BCUT2D eigenvalue weighted by Gasteiger charge is -2.25. The fourth-order valence-electron chi connectivity index (χ4n) is 5.14. The highest BCUT2D eigenvalue weighted by molar-refractivity contribution is 8.01. The third-order valence-corrected chi connectivity index (χ3v) is 10.1. The van der Waals surface area contributed by atoms with E-state index in [1.54, 1.807) is 28.9 Å². The van der Waals surface area contributed by atoms with Gasteiger partial charge >= 0.3 is 0 Å². The SMILES string of the molecule is CCOc1ccc([C@H]2C(C(=O)Nc3ccccc3)=C(C)N=c3s/c(=C/c4ccc(Sc5nc6ccccc6s5)o4)c(=O)n32)cc1. The third kappa shape index (κ3) is 5.89. The maximum Gasteiger partial charge on any atom is 0.271 e. The van der Waals surface area contributed by atoms with E-state index in [-0.39, 0.29) is 11.5 Å². The number of amides is 1. The first kappa shape index (κ1) is 29.0. The molecular formula is C34H26N4O4S3. The van der Waals surface area contributed by atoms with Crippen molar-refractivity contribution >= 4 is 62.3 Å². The topological polar surface area (TPSA) is 98.7 Å². The van der Waals surface area contributed by atoms with E-state index in [4.69, 9.17) is 14.1 Å². The van der Waals surface area contributed by atoms with E-state index in [1.165, 1.54) is 23.1 Å². The lowest BCUT2D eigenvalue weighted by molar-refractivity contribution is -0.113. The van der Waals surface area contributed by atoms with Crippen molar-refractivity contribution in [2.24, 2.45) is 4.99 Å². The highest BCUT2D eigenvalue weighted by Gasteiger charge is 2.32. The first-order chi connectivity index (χ1) is 22.0. The van der Waals surface area contributed by atoms with Gasteiger partial charge in [-0.1, -0.05) is 53.8 Å². The van der Waals surface area contributed by atoms with Crippen LogP contribution >= 0.6 is 34.4 Å². The smallest absolute Gasteiger partial charge is 0.271 e. The molecule has 11 heteroatoms. The Morgan fingerprint density at radius 1 is 1.02 bits per heavy atom. The molecule has 0 fully saturated rings. The van der Waals surface area contributed by atoms with E-state index in [9.17, 15) is 9.59 Å². The fourth-order valence-corrected chi connectivity index (χ4v) is 8.13. The number of aromatic nitrogens is 2. The minimum absolute atomic E-state index is 0.257. The number of anilines is 1. The van der Waals surface area contributed by atoms with Crippen molar-refractivity contribution in [1.29, 1.82) is 0 Å². The molecule has 1 amide bonds. The van der Waals surface area contributed by atoms with Gasteiger partial charge in [0.05, 0.1) is 38.7 Å². The minimum atomic E-state index is -0.690. The molecule has 0 aliphatic carbocycles. The average molecular weight is 651 g/mol. The van der Waals surface area contributed by atoms with Crippen molar-refractivity contribution in [2.75, 3.05) is 11.9 Å². The number of ether oxygens (including phenoxy) is 1. The van der Waals surface area contributed by atoms with Crippen molar-refractivity contribution in [1.82, 2.24) is 9.55 Å². The highest BCUT2D eigenvalue weighted by atomic mass is 32.2. The van der Waals surface area contributed by atoms with Crippen LogP contribution in [0.3, 0.4) is 0 Å². The number of benzene rings is 3. The maximum absolute atomic E-state index is 14.0. The molecule has 3 aromatic heterocycles. The van der Waals surface area contributed by atoms with Gasteiger partial charge in [0, 0.05) is 11.8 Å². The van der Waals surface area contributed by atoms with Crippen LogP contribution in [0.15, 0.2) is 126 Å². The van der Waals surface area contributed by atoms with E-state index < -0.39 is 6.04 Å². The fraction of sp³-hybridized carbons (Fsp3) is 0.118. The number of rotatable bonds is 8. The highest BCUT2D eigenvalue weighted by Crippen LogP contribution is 2.35. The lowest BCUT2D eigenvalue weighted by atomic mass is 9.95. The van der Waals surface area contributed by atoms with Crippen LogP contribution in [0.1, 0.15) is 31.2 Å². The van der Waals surface area contributed by atoms with Crippen molar-refractivity contribution in [2.45, 2.75) is 29.3 Å². The molecule has 1 aliphatic rings. The predicted molar refractivity (Wildman–Crippen MR) is 179 cm³/mol. The Bertz CT molecular complexity index is 2210. The summed E-state index contributed by atoms with van der Waals surface area (Å²) < 4.78 is 15.8. The van der Waals surface area contributed by atoms with Crippen LogP contribution in [0, 0.1) is 0 Å². The molecule has 0 bridgehead atoms. The number of carbonyl (C=O) groups excluding carboxylic acids is 1. The molecule has 8 nitrogen and oxygen atoms in total. The number of fused-ring (bicyclic) bond motifs is 2. The summed E-state index contributed by atoms with van der Waals surface area (Å²) in [6.07, 6.45) is 1.73. The Kier molecular flexibility index (Phi) is 7.97. The molecule has 45 heavy (non-hydrogen) atoms. The first-order valence-electron chi connectivity index (χ1n) is 14.2. The number of nitrogens with one attached hydrogen (secondary N) is 1. The molecule has 3 aromatic carbocycles. The van der Waals surface area contributed by atoms with Gasteiger partial charge < -0.3 is 14.5 Å². The zero-order valence-corrected chi connectivity index (χ0v) is 26.7. The summed E-state index contributed by atoms with van der Waals surface area (Å²) in [6, 6.07) is 27.7. The van der Waals surface area contributed by atoms with Crippen LogP contribution < -0.4 is 24.9 Å². The summed E-state index contributed by atoms with van der Waals surface area (Å²) in [7, 11) is 0. The molecular weight excluding hydrogens is 625 g/mol. The van der Waals surface area contributed by atoms with Gasteiger partial charge in [0.15, 0.2) is 14.2 Å². The molecule has 1 aliphatic heterocycles. The van der Waals surface area contributed by atoms with Crippen molar-refractivity contribution in [3.05, 3.63) is 133 Å². The van der Waals surface area contributed by atoms with Crippen molar-refractivity contribution in [3.63, 3.8) is 0 Å². The van der Waals surface area contributed by atoms with E-state index in [1.807, 2.05) is 97.9 Å². The number of nitrogens with zero attached hydrogens (tertiary/aromatic N) is 3. The van der Waals surface area contributed by atoms with Gasteiger partial charge in [0.1, 0.15) is 11.5 Å².